The summed E-state index contributed by atoms with van der Waals surface area (Å²) >= 11 is 0. The summed E-state index contributed by atoms with van der Waals surface area (Å²) in [5.41, 5.74) is -0.553. The van der Waals surface area contributed by atoms with Gasteiger partial charge in [0.15, 0.2) is 0 Å². The number of ether oxygens (including phenoxy) is 2. The van der Waals surface area contributed by atoms with E-state index < -0.39 is 71.8 Å². The lowest BCUT2D eigenvalue weighted by Gasteiger charge is -2.43. The molecule has 1 atom stereocenters. The quantitative estimate of drug-likeness (QED) is 0.220. The number of rotatable bonds is 12. The number of benzene rings is 1. The van der Waals surface area contributed by atoms with Crippen molar-refractivity contribution in [3.63, 3.8) is 0 Å². The van der Waals surface area contributed by atoms with Crippen LogP contribution in [0.4, 0.5) is 74.6 Å². The lowest BCUT2D eigenvalue weighted by atomic mass is 9.87. The van der Waals surface area contributed by atoms with E-state index in [1.54, 1.807) is 0 Å². The van der Waals surface area contributed by atoms with Crippen LogP contribution in [-0.4, -0.2) is 60.8 Å². The second-order valence-electron chi connectivity index (χ2n) is 8.32. The molecule has 0 saturated carbocycles. The Kier molecular flexibility index (Phi) is 9.21. The number of halogens is 17. The molecule has 0 radical (unpaired) electrons. The van der Waals surface area contributed by atoms with Crippen LogP contribution < -0.4 is 4.74 Å². The Hall–Kier alpha value is -2.21. The predicted molar refractivity (Wildman–Crippen MR) is 97.3 cm³/mol. The molecule has 0 aliphatic carbocycles. The lowest BCUT2D eigenvalue weighted by Crippen LogP contribution is -2.74. The fourth-order valence-electron chi connectivity index (χ4n) is 2.95. The molecule has 0 heterocycles. The van der Waals surface area contributed by atoms with E-state index in [0.29, 0.717) is 7.11 Å². The van der Waals surface area contributed by atoms with Gasteiger partial charge >= 0.3 is 47.6 Å². The van der Waals surface area contributed by atoms with Crippen molar-refractivity contribution in [2.45, 2.75) is 80.1 Å². The van der Waals surface area contributed by atoms with E-state index in [0.717, 1.165) is 18.2 Å². The topological polar surface area (TPSA) is 18.5 Å². The summed E-state index contributed by atoms with van der Waals surface area (Å²) < 4.78 is 238. The van der Waals surface area contributed by atoms with Crippen molar-refractivity contribution in [3.8, 4) is 5.75 Å². The van der Waals surface area contributed by atoms with Gasteiger partial charge in [0.2, 0.25) is 0 Å². The lowest BCUT2D eigenvalue weighted by molar-refractivity contribution is -0.462. The van der Waals surface area contributed by atoms with Crippen molar-refractivity contribution in [3.05, 3.63) is 29.8 Å². The second-order valence-corrected chi connectivity index (χ2v) is 8.32. The molecule has 1 aromatic rings. The monoisotopic (exact) mass is 612 g/mol. The van der Waals surface area contributed by atoms with E-state index in [9.17, 15) is 74.6 Å². The van der Waals surface area contributed by atoms with E-state index in [2.05, 4.69) is 4.74 Å². The molecule has 0 spiro atoms. The van der Waals surface area contributed by atoms with Gasteiger partial charge in [-0.25, -0.2) is 0 Å². The van der Waals surface area contributed by atoms with Gasteiger partial charge in [-0.05, 0) is 31.5 Å². The smallest absolute Gasteiger partial charge is 0.460 e. The standard InChI is InChI=1S/C20H17F17O2/c1-9(2)39-11-6-4-5-10(7-11)12(38-3)8-13(21,22)14(23,24)15(25,26)16(27,28)17(29,30)18(31,32)19(33,34)20(35,36)37/h4-7,9,12H,8H2,1-3H3. The summed E-state index contributed by atoms with van der Waals surface area (Å²) in [5.74, 6) is -56.8. The Labute approximate surface area is 208 Å². The van der Waals surface area contributed by atoms with Crippen LogP contribution in [0.15, 0.2) is 24.3 Å². The van der Waals surface area contributed by atoms with Crippen molar-refractivity contribution >= 4 is 0 Å². The Bertz CT molecular complexity index is 985. The van der Waals surface area contributed by atoms with Crippen molar-refractivity contribution in [2.24, 2.45) is 0 Å². The first-order chi connectivity index (χ1) is 17.1. The SMILES string of the molecule is COC(CC(F)(F)C(F)(F)C(F)(F)C(F)(F)C(F)(F)C(F)(F)C(F)(F)C(F)(F)F)c1cccc(OC(C)C)c1. The van der Waals surface area contributed by atoms with Gasteiger partial charge in [-0.15, -0.1) is 0 Å². The molecule has 0 aromatic heterocycles. The molecule has 39 heavy (non-hydrogen) atoms. The zero-order valence-electron chi connectivity index (χ0n) is 19.4. The van der Waals surface area contributed by atoms with Crippen LogP contribution in [0.5, 0.6) is 5.75 Å². The molecule has 0 fully saturated rings. The molecular weight excluding hydrogens is 595 g/mol. The maximum absolute atomic E-state index is 14.3. The average molecular weight is 612 g/mol. The van der Waals surface area contributed by atoms with Crippen molar-refractivity contribution < 1.29 is 84.1 Å². The molecule has 1 aromatic carbocycles. The van der Waals surface area contributed by atoms with Crippen LogP contribution in [0.2, 0.25) is 0 Å². The minimum absolute atomic E-state index is 0.135. The van der Waals surface area contributed by atoms with Gasteiger partial charge in [-0.2, -0.15) is 74.6 Å². The maximum Gasteiger partial charge on any atom is 0.460 e. The third kappa shape index (κ3) is 5.55. The van der Waals surface area contributed by atoms with Crippen molar-refractivity contribution in [1.82, 2.24) is 0 Å². The predicted octanol–water partition coefficient (Wildman–Crippen LogP) is 8.56. The highest BCUT2D eigenvalue weighted by atomic mass is 19.4. The summed E-state index contributed by atoms with van der Waals surface area (Å²) in [6, 6.07) is 3.93. The largest absolute Gasteiger partial charge is 0.491 e. The van der Waals surface area contributed by atoms with Gasteiger partial charge < -0.3 is 9.47 Å². The Morgan fingerprint density at radius 1 is 0.615 bits per heavy atom. The normalized spacial score (nSPS) is 16.0. The van der Waals surface area contributed by atoms with Crippen molar-refractivity contribution in [1.29, 1.82) is 0 Å². The van der Waals surface area contributed by atoms with E-state index in [1.165, 1.54) is 19.9 Å². The Morgan fingerprint density at radius 2 is 1.03 bits per heavy atom. The molecule has 228 valence electrons. The van der Waals surface area contributed by atoms with E-state index in [1.807, 2.05) is 0 Å². The molecule has 0 amide bonds. The van der Waals surface area contributed by atoms with Crippen LogP contribution in [0.1, 0.15) is 31.9 Å². The van der Waals surface area contributed by atoms with Crippen molar-refractivity contribution in [2.75, 3.05) is 7.11 Å². The average Bonchev–Trinajstić information content (AvgIpc) is 2.75. The summed E-state index contributed by atoms with van der Waals surface area (Å²) in [4.78, 5) is 0. The molecule has 2 nitrogen and oxygen atoms in total. The van der Waals surface area contributed by atoms with Gasteiger partial charge in [0.25, 0.3) is 0 Å². The first-order valence-electron chi connectivity index (χ1n) is 10.1. The fraction of sp³-hybridized carbons (Fsp3) is 0.700. The summed E-state index contributed by atoms with van der Waals surface area (Å²) in [6.45, 7) is 2.95. The highest BCUT2D eigenvalue weighted by Gasteiger charge is 2.95. The van der Waals surface area contributed by atoms with Crippen LogP contribution in [0.25, 0.3) is 0 Å². The molecular formula is C20H17F17O2. The van der Waals surface area contributed by atoms with Crippen LogP contribution in [-0.2, 0) is 4.74 Å². The van der Waals surface area contributed by atoms with E-state index >= 15 is 0 Å². The highest BCUT2D eigenvalue weighted by molar-refractivity contribution is 5.30. The minimum atomic E-state index is -8.66. The Balaban J connectivity index is 3.56. The number of methoxy groups -OCH3 is 1. The third-order valence-corrected chi connectivity index (χ3v) is 5.12. The zero-order valence-corrected chi connectivity index (χ0v) is 19.4. The van der Waals surface area contributed by atoms with Gasteiger partial charge in [-0.1, -0.05) is 12.1 Å². The molecule has 0 aliphatic heterocycles. The van der Waals surface area contributed by atoms with E-state index in [4.69, 9.17) is 4.74 Å². The van der Waals surface area contributed by atoms with Gasteiger partial charge in [0, 0.05) is 13.5 Å². The molecule has 1 rings (SSSR count). The minimum Gasteiger partial charge on any atom is -0.491 e. The fourth-order valence-corrected chi connectivity index (χ4v) is 2.95. The van der Waals surface area contributed by atoms with Gasteiger partial charge in [-0.3, -0.25) is 0 Å². The Morgan fingerprint density at radius 3 is 1.41 bits per heavy atom. The van der Waals surface area contributed by atoms with Gasteiger partial charge in [0.05, 0.1) is 12.2 Å². The van der Waals surface area contributed by atoms with E-state index in [-0.39, 0.29) is 5.75 Å². The maximum atomic E-state index is 14.3. The van der Waals surface area contributed by atoms with Crippen LogP contribution in [0, 0.1) is 0 Å². The number of hydrogen-bond donors (Lipinski definition) is 0. The summed E-state index contributed by atoms with van der Waals surface area (Å²) in [6.07, 6.45) is -13.5. The molecule has 0 bridgehead atoms. The number of alkyl halides is 17. The molecule has 0 N–H and O–H groups in total. The molecule has 19 heteroatoms. The first-order valence-corrected chi connectivity index (χ1v) is 10.1. The molecule has 0 aliphatic rings. The highest BCUT2D eigenvalue weighted by Crippen LogP contribution is 2.64. The molecule has 1 unspecified atom stereocenters. The number of hydrogen-bond acceptors (Lipinski definition) is 2. The van der Waals surface area contributed by atoms with Gasteiger partial charge in [0.1, 0.15) is 5.75 Å². The second kappa shape index (κ2) is 10.3. The third-order valence-electron chi connectivity index (χ3n) is 5.12. The molecule has 0 saturated heterocycles. The summed E-state index contributed by atoms with van der Waals surface area (Å²) in [5, 5.41) is 0. The van der Waals surface area contributed by atoms with Crippen LogP contribution >= 0.6 is 0 Å². The first kappa shape index (κ1) is 34.8. The zero-order chi connectivity index (χ0) is 31.3. The van der Waals surface area contributed by atoms with Crippen LogP contribution in [0.3, 0.4) is 0 Å². The summed E-state index contributed by atoms with van der Waals surface area (Å²) in [7, 11) is 0.523.